The average Bonchev–Trinajstić information content (AvgIpc) is 2.77. The van der Waals surface area contributed by atoms with Crippen LogP contribution in [0.15, 0.2) is 58.3 Å². The van der Waals surface area contributed by atoms with Crippen molar-refractivity contribution in [3.8, 4) is 0 Å². The number of anilines is 1. The molecule has 2 amide bonds. The molecule has 0 unspecified atom stereocenters. The van der Waals surface area contributed by atoms with E-state index in [0.29, 0.717) is 26.2 Å². The first-order valence-corrected chi connectivity index (χ1v) is 11.9. The smallest absolute Gasteiger partial charge is 0.264 e. The normalized spacial score (nSPS) is 14.5. The van der Waals surface area contributed by atoms with Crippen LogP contribution in [0, 0.1) is 5.82 Å². The molecule has 10 heteroatoms. The van der Waals surface area contributed by atoms with Crippen LogP contribution in [0.3, 0.4) is 0 Å². The fourth-order valence-corrected chi connectivity index (χ4v) is 4.94. The van der Waals surface area contributed by atoms with E-state index in [1.807, 2.05) is 6.26 Å². The van der Waals surface area contributed by atoms with Crippen LogP contribution >= 0.6 is 11.8 Å². The van der Waals surface area contributed by atoms with E-state index in [1.54, 1.807) is 17.0 Å². The minimum absolute atomic E-state index is 0.0168. The van der Waals surface area contributed by atoms with Gasteiger partial charge in [0.05, 0.1) is 10.6 Å². The number of halogens is 1. The Hall–Kier alpha value is -2.59. The molecule has 1 aliphatic rings. The van der Waals surface area contributed by atoms with Crippen molar-refractivity contribution in [3.05, 3.63) is 54.3 Å². The molecule has 0 aliphatic carbocycles. The molecule has 0 atom stereocenters. The zero-order chi connectivity index (χ0) is 21.7. The second kappa shape index (κ2) is 9.48. The quantitative estimate of drug-likeness (QED) is 0.476. The zero-order valence-electron chi connectivity index (χ0n) is 16.4. The van der Waals surface area contributed by atoms with Crippen LogP contribution in [0.1, 0.15) is 0 Å². The molecule has 0 spiro atoms. The van der Waals surface area contributed by atoms with E-state index in [0.717, 1.165) is 21.7 Å². The van der Waals surface area contributed by atoms with Crippen molar-refractivity contribution in [1.29, 1.82) is 0 Å². The van der Waals surface area contributed by atoms with E-state index >= 15 is 0 Å². The Bertz CT molecular complexity index is 1010. The standard InChI is InChI=1S/C20H22FN3O4S2/c1-29-18-5-7-19(8-6-18)30(27,28)24(17-4-2-3-16(21)13-17)14-20(26)23-11-9-22(15-25)10-12-23/h2-8,13,15H,9-12,14H2,1H3. The predicted octanol–water partition coefficient (Wildman–Crippen LogP) is 2.04. The van der Waals surface area contributed by atoms with Crippen molar-refractivity contribution in [2.24, 2.45) is 0 Å². The highest BCUT2D eigenvalue weighted by atomic mass is 32.2. The van der Waals surface area contributed by atoms with E-state index < -0.39 is 28.3 Å². The van der Waals surface area contributed by atoms with Gasteiger partial charge in [0, 0.05) is 31.1 Å². The van der Waals surface area contributed by atoms with Crippen molar-refractivity contribution in [2.45, 2.75) is 9.79 Å². The number of hydrogen-bond donors (Lipinski definition) is 0. The number of carbonyl (C=O) groups excluding carboxylic acids is 2. The van der Waals surface area contributed by atoms with E-state index in [1.165, 1.54) is 47.0 Å². The van der Waals surface area contributed by atoms with Gasteiger partial charge in [0.2, 0.25) is 12.3 Å². The summed E-state index contributed by atoms with van der Waals surface area (Å²) in [5.41, 5.74) is 0.0730. The summed E-state index contributed by atoms with van der Waals surface area (Å²) in [5, 5.41) is 0. The maximum absolute atomic E-state index is 13.8. The van der Waals surface area contributed by atoms with Crippen molar-refractivity contribution >= 4 is 39.8 Å². The van der Waals surface area contributed by atoms with Gasteiger partial charge in [-0.05, 0) is 48.7 Å². The highest BCUT2D eigenvalue weighted by Crippen LogP contribution is 2.26. The molecular weight excluding hydrogens is 429 g/mol. The number of piperazine rings is 1. The first-order chi connectivity index (χ1) is 14.3. The first kappa shape index (κ1) is 22.1. The minimum Gasteiger partial charge on any atom is -0.342 e. The lowest BCUT2D eigenvalue weighted by Crippen LogP contribution is -2.51. The molecule has 0 radical (unpaired) electrons. The average molecular weight is 452 g/mol. The maximum atomic E-state index is 13.8. The number of thioether (sulfide) groups is 1. The summed E-state index contributed by atoms with van der Waals surface area (Å²) in [5.74, 6) is -1.01. The fourth-order valence-electron chi connectivity index (χ4n) is 3.12. The van der Waals surface area contributed by atoms with E-state index in [-0.39, 0.29) is 10.6 Å². The van der Waals surface area contributed by atoms with Gasteiger partial charge in [-0.2, -0.15) is 0 Å². The Morgan fingerprint density at radius 2 is 1.80 bits per heavy atom. The van der Waals surface area contributed by atoms with Gasteiger partial charge in [0.25, 0.3) is 10.0 Å². The second-order valence-electron chi connectivity index (χ2n) is 6.69. The van der Waals surface area contributed by atoms with Crippen LogP contribution in [0.2, 0.25) is 0 Å². The van der Waals surface area contributed by atoms with Crippen LogP contribution in [-0.4, -0.2) is 69.5 Å². The Morgan fingerprint density at radius 1 is 1.13 bits per heavy atom. The van der Waals surface area contributed by atoms with Gasteiger partial charge in [-0.3, -0.25) is 13.9 Å². The van der Waals surface area contributed by atoms with Gasteiger partial charge in [0.15, 0.2) is 0 Å². The second-order valence-corrected chi connectivity index (χ2v) is 9.43. The molecular formula is C20H22FN3O4S2. The number of rotatable bonds is 7. The van der Waals surface area contributed by atoms with Gasteiger partial charge in [-0.15, -0.1) is 11.8 Å². The van der Waals surface area contributed by atoms with Crippen LogP contribution in [0.4, 0.5) is 10.1 Å². The number of hydrogen-bond acceptors (Lipinski definition) is 5. The molecule has 2 aromatic rings. The third-order valence-electron chi connectivity index (χ3n) is 4.84. The molecule has 1 aliphatic heterocycles. The van der Waals surface area contributed by atoms with E-state index in [9.17, 15) is 22.4 Å². The molecule has 30 heavy (non-hydrogen) atoms. The first-order valence-electron chi connectivity index (χ1n) is 9.24. The fraction of sp³-hybridized carbons (Fsp3) is 0.300. The van der Waals surface area contributed by atoms with Gasteiger partial charge in [-0.25, -0.2) is 12.8 Å². The number of sulfonamides is 1. The molecule has 1 saturated heterocycles. The molecule has 7 nitrogen and oxygen atoms in total. The summed E-state index contributed by atoms with van der Waals surface area (Å²) in [7, 11) is -4.10. The van der Waals surface area contributed by atoms with Gasteiger partial charge in [0.1, 0.15) is 12.4 Å². The third kappa shape index (κ3) is 4.93. The molecule has 1 fully saturated rings. The molecule has 1 heterocycles. The molecule has 2 aromatic carbocycles. The largest absolute Gasteiger partial charge is 0.342 e. The monoisotopic (exact) mass is 451 g/mol. The van der Waals surface area contributed by atoms with E-state index in [2.05, 4.69) is 0 Å². The minimum atomic E-state index is -4.10. The SMILES string of the molecule is CSc1ccc(S(=O)(=O)N(CC(=O)N2CCN(C=O)CC2)c2cccc(F)c2)cc1. The molecule has 160 valence electrons. The third-order valence-corrected chi connectivity index (χ3v) is 7.37. The Labute approximate surface area is 179 Å². The maximum Gasteiger partial charge on any atom is 0.264 e. The molecule has 3 rings (SSSR count). The van der Waals surface area contributed by atoms with Gasteiger partial charge < -0.3 is 9.80 Å². The van der Waals surface area contributed by atoms with Gasteiger partial charge >= 0.3 is 0 Å². The van der Waals surface area contributed by atoms with Crippen LogP contribution < -0.4 is 4.31 Å². The lowest BCUT2D eigenvalue weighted by Gasteiger charge is -2.34. The number of carbonyl (C=O) groups is 2. The molecule has 0 aromatic heterocycles. The van der Waals surface area contributed by atoms with Crippen molar-refractivity contribution in [2.75, 3.05) is 43.3 Å². The highest BCUT2D eigenvalue weighted by Gasteiger charge is 2.30. The van der Waals surface area contributed by atoms with E-state index in [4.69, 9.17) is 0 Å². The van der Waals surface area contributed by atoms with Crippen molar-refractivity contribution in [1.82, 2.24) is 9.80 Å². The summed E-state index contributed by atoms with van der Waals surface area (Å²) >= 11 is 1.48. The van der Waals surface area contributed by atoms with Crippen LogP contribution in [-0.2, 0) is 19.6 Å². The summed E-state index contributed by atoms with van der Waals surface area (Å²) in [6, 6.07) is 11.5. The molecule has 0 N–H and O–H groups in total. The Kier molecular flexibility index (Phi) is 6.99. The Morgan fingerprint density at radius 3 is 2.37 bits per heavy atom. The summed E-state index contributed by atoms with van der Waals surface area (Å²) in [4.78, 5) is 27.7. The number of nitrogens with zero attached hydrogens (tertiary/aromatic N) is 3. The lowest BCUT2D eigenvalue weighted by molar-refractivity contribution is -0.133. The summed E-state index contributed by atoms with van der Waals surface area (Å²) < 4.78 is 41.4. The topological polar surface area (TPSA) is 78.0 Å². The highest BCUT2D eigenvalue weighted by molar-refractivity contribution is 7.98. The van der Waals surface area contributed by atoms with Crippen LogP contribution in [0.25, 0.3) is 0 Å². The Balaban J connectivity index is 1.90. The van der Waals surface area contributed by atoms with Crippen LogP contribution in [0.5, 0.6) is 0 Å². The molecule has 0 bridgehead atoms. The van der Waals surface area contributed by atoms with Crippen molar-refractivity contribution in [3.63, 3.8) is 0 Å². The lowest BCUT2D eigenvalue weighted by atomic mass is 10.3. The number of benzene rings is 2. The van der Waals surface area contributed by atoms with Crippen molar-refractivity contribution < 1.29 is 22.4 Å². The number of amides is 2. The zero-order valence-corrected chi connectivity index (χ0v) is 18.0. The summed E-state index contributed by atoms with van der Waals surface area (Å²) in [6.45, 7) is 0.946. The summed E-state index contributed by atoms with van der Waals surface area (Å²) in [6.07, 6.45) is 2.61. The molecule has 0 saturated carbocycles. The van der Waals surface area contributed by atoms with Gasteiger partial charge in [-0.1, -0.05) is 6.07 Å². The predicted molar refractivity (Wildman–Crippen MR) is 113 cm³/mol.